The molecule has 0 saturated heterocycles. The molecule has 0 spiro atoms. The van der Waals surface area contributed by atoms with Gasteiger partial charge in [-0.1, -0.05) is 18.2 Å². The average Bonchev–Trinajstić information content (AvgIpc) is 3.66. The predicted molar refractivity (Wildman–Crippen MR) is 142 cm³/mol. The van der Waals surface area contributed by atoms with Crippen LogP contribution < -0.4 is 0 Å². The van der Waals surface area contributed by atoms with E-state index in [0.29, 0.717) is 0 Å². The molecule has 7 nitrogen and oxygen atoms in total. The van der Waals surface area contributed by atoms with Gasteiger partial charge < -0.3 is 20.8 Å². The molecule has 3 rings (SSSR count). The molecule has 0 amide bonds. The summed E-state index contributed by atoms with van der Waals surface area (Å²) in [6.07, 6.45) is -14.3. The van der Waals surface area contributed by atoms with E-state index in [4.69, 9.17) is 15.3 Å². The maximum Gasteiger partial charge on any atom is 0.454 e. The minimum Gasteiger partial charge on any atom is -0.506 e. The minimum absolute atomic E-state index is 0. The van der Waals surface area contributed by atoms with Crippen LogP contribution in [0.4, 0.5) is 39.5 Å². The molecular weight excluding hydrogens is 835 g/mol. The Morgan fingerprint density at radius 2 is 0.727 bits per heavy atom. The molecule has 0 radical (unpaired) electrons. The zero-order valence-electron chi connectivity index (χ0n) is 20.9. The number of hydrogen-bond acceptors (Lipinski definition) is 9. The first-order chi connectivity index (χ1) is 19.2. The Bertz CT molecular complexity index is 1230. The van der Waals surface area contributed by atoms with Gasteiger partial charge in [-0.3, -0.25) is 14.4 Å². The Labute approximate surface area is 282 Å². The van der Waals surface area contributed by atoms with E-state index in [-0.39, 0.29) is 75.6 Å². The van der Waals surface area contributed by atoms with Crippen molar-refractivity contribution < 1.29 is 112 Å². The summed E-state index contributed by atoms with van der Waals surface area (Å²) in [5.74, 6) is -8.19. The number of aliphatic hydroxyl groups is 3. The predicted octanol–water partition coefficient (Wildman–Crippen LogP) is 7.51. The van der Waals surface area contributed by atoms with E-state index in [1.54, 1.807) is 34.3 Å². The summed E-state index contributed by atoms with van der Waals surface area (Å²) in [5, 5.41) is 32.0. The molecule has 3 heterocycles. The van der Waals surface area contributed by atoms with E-state index in [2.05, 4.69) is 0 Å². The molecule has 0 aromatic carbocycles. The van der Waals surface area contributed by atoms with Crippen molar-refractivity contribution in [2.45, 2.75) is 18.5 Å². The van der Waals surface area contributed by atoms with Crippen LogP contribution in [0.15, 0.2) is 70.8 Å². The molecule has 20 heteroatoms. The fourth-order valence-corrected chi connectivity index (χ4v) is 4.03. The van der Waals surface area contributed by atoms with Crippen molar-refractivity contribution in [1.29, 1.82) is 0 Å². The van der Waals surface area contributed by atoms with Crippen LogP contribution in [0.2, 0.25) is 0 Å². The molecule has 0 aliphatic heterocycles. The van der Waals surface area contributed by atoms with Gasteiger partial charge in [0.1, 0.15) is 17.3 Å². The maximum atomic E-state index is 11.7. The van der Waals surface area contributed by atoms with Gasteiger partial charge in [-0.25, -0.2) is 0 Å². The third-order valence-electron chi connectivity index (χ3n) is 3.96. The number of carbonyl (C=O) groups excluding carboxylic acids is 3. The fourth-order valence-electron chi connectivity index (χ4n) is 2.10. The van der Waals surface area contributed by atoms with Crippen molar-refractivity contribution in [3.05, 3.63) is 85.4 Å². The second kappa shape index (κ2) is 19.0. The van der Waals surface area contributed by atoms with Crippen molar-refractivity contribution >= 4 is 68.6 Å². The van der Waals surface area contributed by atoms with Crippen LogP contribution >= 0.6 is 34.0 Å². The van der Waals surface area contributed by atoms with Gasteiger partial charge in [-0.05, 0) is 34.3 Å². The molecular formula is C24H17ErF9O7S3. The number of carbonyl (C=O) groups is 3. The number of halogens is 9. The molecule has 0 saturated carbocycles. The van der Waals surface area contributed by atoms with Gasteiger partial charge in [0, 0.05) is 55.5 Å². The molecule has 0 fully saturated rings. The van der Waals surface area contributed by atoms with Crippen LogP contribution in [0.5, 0.6) is 0 Å². The normalized spacial score (nSPS) is 12.3. The Kier molecular flexibility index (Phi) is 18.7. The largest absolute Gasteiger partial charge is 0.506 e. The molecule has 0 aliphatic rings. The summed E-state index contributed by atoms with van der Waals surface area (Å²) in [5.41, 5.74) is 0. The molecule has 0 aliphatic carbocycles. The van der Waals surface area contributed by atoms with Crippen LogP contribution in [-0.2, 0) is 14.4 Å². The Morgan fingerprint density at radius 3 is 0.864 bits per heavy atom. The summed E-state index contributed by atoms with van der Waals surface area (Å²) in [7, 11) is 0. The van der Waals surface area contributed by atoms with Crippen molar-refractivity contribution in [3.63, 3.8) is 0 Å². The van der Waals surface area contributed by atoms with Gasteiger partial charge in [0.2, 0.25) is 0 Å². The first-order valence-corrected chi connectivity index (χ1v) is 13.0. The van der Waals surface area contributed by atoms with Gasteiger partial charge in [0.05, 0.1) is 14.6 Å². The number of allylic oxidation sites excluding steroid dienone is 3. The molecule has 248 valence electrons. The maximum absolute atomic E-state index is 11.7. The zero-order chi connectivity index (χ0) is 32.3. The minimum atomic E-state index is -4.94. The summed E-state index contributed by atoms with van der Waals surface area (Å²) in [4.78, 5) is 31.9. The van der Waals surface area contributed by atoms with Crippen molar-refractivity contribution in [3.8, 4) is 0 Å². The van der Waals surface area contributed by atoms with Crippen molar-refractivity contribution in [2.75, 3.05) is 0 Å². The summed E-state index contributed by atoms with van der Waals surface area (Å²) in [6.45, 7) is 0. The van der Waals surface area contributed by atoms with Crippen LogP contribution in [0.1, 0.15) is 14.6 Å². The number of thiophene rings is 3. The number of hydrogen-bond donors (Lipinski definition) is 3. The van der Waals surface area contributed by atoms with E-state index in [9.17, 15) is 53.9 Å². The number of aliphatic hydroxyl groups excluding tert-OH is 3. The van der Waals surface area contributed by atoms with Crippen LogP contribution in [0.25, 0.3) is 17.3 Å². The molecule has 3 aromatic rings. The van der Waals surface area contributed by atoms with Gasteiger partial charge >= 0.3 is 18.5 Å². The van der Waals surface area contributed by atoms with Crippen molar-refractivity contribution in [1.82, 2.24) is 0 Å². The van der Waals surface area contributed by atoms with E-state index >= 15 is 0 Å². The molecule has 44 heavy (non-hydrogen) atoms. The number of ketones is 3. The SMILES string of the molecule is O.O=C(C=C(O)c1cccs1)C(F)(F)F.O=C(C=C(O)c1cccs1)C(F)(F)F.O=C(C=C(O)c1cccs1)C(F)(F)F.[Er]. The molecule has 3 aromatic heterocycles. The van der Waals surface area contributed by atoms with E-state index < -0.39 is 53.2 Å². The third kappa shape index (κ3) is 15.9. The van der Waals surface area contributed by atoms with Gasteiger partial charge in [0.15, 0.2) is 0 Å². The molecule has 0 atom stereocenters. The van der Waals surface area contributed by atoms with E-state index in [0.717, 1.165) is 34.0 Å². The standard InChI is InChI=1S/3C8H5F3O2S.Er.H2O/c3*9-8(10,11)7(13)4-5(12)6-2-1-3-14-6;;/h3*1-4,12H;;1H2. The third-order valence-corrected chi connectivity index (χ3v) is 6.64. The topological polar surface area (TPSA) is 143 Å². The van der Waals surface area contributed by atoms with Crippen LogP contribution in [0.3, 0.4) is 0 Å². The Morgan fingerprint density at radius 1 is 0.523 bits per heavy atom. The molecule has 0 unspecified atom stereocenters. The number of alkyl halides is 9. The molecule has 5 N–H and O–H groups in total. The fraction of sp³-hybridized carbons (Fsp3) is 0.125. The average molecular weight is 852 g/mol. The van der Waals surface area contributed by atoms with Crippen molar-refractivity contribution in [2.24, 2.45) is 0 Å². The summed E-state index contributed by atoms with van der Waals surface area (Å²) in [6, 6.07) is 8.92. The van der Waals surface area contributed by atoms with Gasteiger partial charge in [0.25, 0.3) is 17.3 Å². The smallest absolute Gasteiger partial charge is 0.454 e. The van der Waals surface area contributed by atoms with Crippen LogP contribution in [-0.4, -0.2) is 56.7 Å². The zero-order valence-corrected chi connectivity index (χ0v) is 25.2. The second-order valence-electron chi connectivity index (χ2n) is 7.11. The van der Waals surface area contributed by atoms with Crippen LogP contribution in [0, 0.1) is 37.3 Å². The number of rotatable bonds is 6. The Hall–Kier alpha value is -2.69. The quantitative estimate of drug-likeness (QED) is 0.133. The second-order valence-corrected chi connectivity index (χ2v) is 9.95. The summed E-state index contributed by atoms with van der Waals surface area (Å²) >= 11 is 3.14. The van der Waals surface area contributed by atoms with E-state index in [1.165, 1.54) is 18.2 Å². The van der Waals surface area contributed by atoms with Gasteiger partial charge in [-0.15, -0.1) is 34.0 Å². The monoisotopic (exact) mass is 850 g/mol. The first-order valence-electron chi connectivity index (χ1n) is 10.4. The summed E-state index contributed by atoms with van der Waals surface area (Å²) < 4.78 is 106. The van der Waals surface area contributed by atoms with Gasteiger partial charge in [-0.2, -0.15) is 39.5 Å². The Balaban J connectivity index is 0. The first kappa shape index (κ1) is 43.4. The molecule has 0 bridgehead atoms. The van der Waals surface area contributed by atoms with E-state index in [1.807, 2.05) is 0 Å².